The molecule has 4 rings (SSSR count). The van der Waals surface area contributed by atoms with E-state index in [4.69, 9.17) is 9.84 Å². The van der Waals surface area contributed by atoms with Crippen molar-refractivity contribution in [2.45, 2.75) is 84.2 Å². The number of carboxylic acid groups (broad SMARTS) is 1. The molecule has 212 valence electrons. The van der Waals surface area contributed by atoms with Crippen molar-refractivity contribution in [3.63, 3.8) is 0 Å². The Morgan fingerprint density at radius 1 is 1.10 bits per heavy atom. The third-order valence-electron chi connectivity index (χ3n) is 8.44. The first-order chi connectivity index (χ1) is 18.7. The fourth-order valence-corrected chi connectivity index (χ4v) is 6.58. The van der Waals surface area contributed by atoms with E-state index in [0.29, 0.717) is 44.4 Å². The molecule has 2 saturated heterocycles. The molecule has 0 bridgehead atoms. The molecule has 2 fully saturated rings. The second-order valence-corrected chi connectivity index (χ2v) is 11.0. The highest BCUT2D eigenvalue weighted by atomic mass is 19.1. The molecule has 0 aromatic heterocycles. The van der Waals surface area contributed by atoms with Crippen molar-refractivity contribution in [3.8, 4) is 5.75 Å². The zero-order valence-electron chi connectivity index (χ0n) is 23.0. The second kappa shape index (κ2) is 12.9. The highest BCUT2D eigenvalue weighted by molar-refractivity contribution is 6.05. The number of imide groups is 1. The van der Waals surface area contributed by atoms with Gasteiger partial charge in [0.2, 0.25) is 11.8 Å². The fourth-order valence-electron chi connectivity index (χ4n) is 6.58. The SMILES string of the molecule is CCC/C(=C\c1ccc(O)c(F)c1)CC[C@H]1OC[C@H]2C1=C(CC)C[C@H]1C(=O)N(CCCCCC(=O)O)C(=O)[C@H]12. The Morgan fingerprint density at radius 2 is 1.90 bits per heavy atom. The number of ether oxygens (including phenoxy) is 1. The first-order valence-corrected chi connectivity index (χ1v) is 14.3. The van der Waals surface area contributed by atoms with Gasteiger partial charge in [-0.05, 0) is 68.2 Å². The molecular formula is C31H40FNO6. The van der Waals surface area contributed by atoms with Crippen LogP contribution in [0, 0.1) is 23.6 Å². The number of aliphatic carboxylic acids is 1. The molecule has 7 nitrogen and oxygen atoms in total. The van der Waals surface area contributed by atoms with Gasteiger partial charge in [-0.15, -0.1) is 0 Å². The number of nitrogens with zero attached hydrogens (tertiary/aromatic N) is 1. The number of aromatic hydroxyl groups is 1. The maximum Gasteiger partial charge on any atom is 0.303 e. The molecule has 2 heterocycles. The van der Waals surface area contributed by atoms with Crippen molar-refractivity contribution in [1.29, 1.82) is 0 Å². The number of phenolic OH excluding ortho intramolecular Hbond substituents is 1. The van der Waals surface area contributed by atoms with E-state index in [0.717, 1.165) is 32.1 Å². The van der Waals surface area contributed by atoms with Crippen LogP contribution < -0.4 is 0 Å². The Hall–Kier alpha value is -3.00. The number of unbranched alkanes of at least 4 members (excludes halogenated alkanes) is 2. The minimum atomic E-state index is -0.831. The average Bonchev–Trinajstić information content (AvgIpc) is 3.43. The molecule has 2 aliphatic heterocycles. The second-order valence-electron chi connectivity index (χ2n) is 11.0. The van der Waals surface area contributed by atoms with Crippen LogP contribution in [0.25, 0.3) is 6.08 Å². The van der Waals surface area contributed by atoms with E-state index in [1.165, 1.54) is 33.8 Å². The van der Waals surface area contributed by atoms with Gasteiger partial charge in [-0.25, -0.2) is 4.39 Å². The van der Waals surface area contributed by atoms with E-state index in [9.17, 15) is 23.9 Å². The lowest BCUT2D eigenvalue weighted by molar-refractivity contribution is -0.141. The van der Waals surface area contributed by atoms with Gasteiger partial charge in [-0.1, -0.05) is 50.0 Å². The van der Waals surface area contributed by atoms with Gasteiger partial charge < -0.3 is 14.9 Å². The molecule has 1 aliphatic carbocycles. The Bertz CT molecular complexity index is 1160. The fraction of sp³-hybridized carbons (Fsp3) is 0.581. The number of benzene rings is 1. The summed E-state index contributed by atoms with van der Waals surface area (Å²) < 4.78 is 20.2. The number of amides is 2. The minimum absolute atomic E-state index is 0.0815. The number of hydrogen-bond acceptors (Lipinski definition) is 5. The number of likely N-dealkylation sites (tertiary alicyclic amines) is 1. The number of carbonyl (C=O) groups is 3. The Morgan fingerprint density at radius 3 is 2.59 bits per heavy atom. The van der Waals surface area contributed by atoms with Gasteiger partial charge in [0.25, 0.3) is 0 Å². The van der Waals surface area contributed by atoms with Crippen molar-refractivity contribution in [1.82, 2.24) is 4.90 Å². The first kappa shape index (κ1) is 29.0. The van der Waals surface area contributed by atoms with Crippen LogP contribution in [0.1, 0.15) is 83.6 Å². The van der Waals surface area contributed by atoms with E-state index >= 15 is 0 Å². The Kier molecular flexibility index (Phi) is 9.59. The quantitative estimate of drug-likeness (QED) is 0.184. The minimum Gasteiger partial charge on any atom is -0.505 e. The van der Waals surface area contributed by atoms with E-state index in [1.807, 2.05) is 6.08 Å². The van der Waals surface area contributed by atoms with Gasteiger partial charge in [-0.3, -0.25) is 19.3 Å². The average molecular weight is 542 g/mol. The van der Waals surface area contributed by atoms with Crippen LogP contribution in [0.4, 0.5) is 4.39 Å². The maximum absolute atomic E-state index is 13.9. The van der Waals surface area contributed by atoms with Gasteiger partial charge in [0.1, 0.15) is 0 Å². The van der Waals surface area contributed by atoms with Crippen LogP contribution in [0.2, 0.25) is 0 Å². The lowest BCUT2D eigenvalue weighted by Gasteiger charge is -2.31. The summed E-state index contributed by atoms with van der Waals surface area (Å²) >= 11 is 0. The van der Waals surface area contributed by atoms with Gasteiger partial charge in [0.15, 0.2) is 11.6 Å². The smallest absolute Gasteiger partial charge is 0.303 e. The molecule has 4 atom stereocenters. The summed E-state index contributed by atoms with van der Waals surface area (Å²) in [6.07, 6.45) is 8.58. The molecule has 8 heteroatoms. The van der Waals surface area contributed by atoms with Crippen molar-refractivity contribution in [2.75, 3.05) is 13.2 Å². The number of rotatable bonds is 13. The molecule has 0 radical (unpaired) electrons. The summed E-state index contributed by atoms with van der Waals surface area (Å²) in [7, 11) is 0. The molecule has 2 N–H and O–H groups in total. The van der Waals surface area contributed by atoms with Gasteiger partial charge in [-0.2, -0.15) is 0 Å². The molecular weight excluding hydrogens is 501 g/mol. The van der Waals surface area contributed by atoms with Crippen LogP contribution in [-0.4, -0.2) is 52.2 Å². The van der Waals surface area contributed by atoms with Gasteiger partial charge in [0.05, 0.1) is 24.5 Å². The summed E-state index contributed by atoms with van der Waals surface area (Å²) in [4.78, 5) is 38.9. The number of carboxylic acids is 1. The van der Waals surface area contributed by atoms with Crippen LogP contribution >= 0.6 is 0 Å². The largest absolute Gasteiger partial charge is 0.505 e. The number of carbonyl (C=O) groups excluding carboxylic acids is 2. The topological polar surface area (TPSA) is 104 Å². The van der Waals surface area contributed by atoms with E-state index < -0.39 is 11.8 Å². The molecule has 2 amide bonds. The number of allylic oxidation sites excluding steroid dienone is 2. The van der Waals surface area contributed by atoms with Crippen LogP contribution in [0.15, 0.2) is 34.9 Å². The van der Waals surface area contributed by atoms with Crippen LogP contribution in [0.5, 0.6) is 5.75 Å². The van der Waals surface area contributed by atoms with Crippen molar-refractivity contribution < 1.29 is 33.7 Å². The standard InChI is InChI=1S/C31H40FNO6/c1-3-8-19(15-20-10-12-25(34)24(32)16-20)11-13-26-28-21(4-2)17-22-29(23(28)18-39-26)31(38)33(30(22)37)14-7-5-6-9-27(35)36/h10,12,15-16,22-23,26,29,34H,3-9,11,13-14,17-18H2,1-2H3,(H,35,36)/b19-15+/t22-,23+,26-,29-/m1/s1. The number of fused-ring (bicyclic) bond motifs is 3. The molecule has 0 saturated carbocycles. The predicted molar refractivity (Wildman–Crippen MR) is 145 cm³/mol. The van der Waals surface area contributed by atoms with Gasteiger partial charge >= 0.3 is 5.97 Å². The molecule has 0 spiro atoms. The Labute approximate surface area is 229 Å². The third kappa shape index (κ3) is 6.43. The molecule has 0 unspecified atom stereocenters. The predicted octanol–water partition coefficient (Wildman–Crippen LogP) is 5.87. The number of hydrogen-bond donors (Lipinski definition) is 2. The lowest BCUT2D eigenvalue weighted by Crippen LogP contribution is -2.34. The van der Waals surface area contributed by atoms with Gasteiger partial charge in [0, 0.05) is 18.9 Å². The number of halogens is 1. The summed E-state index contributed by atoms with van der Waals surface area (Å²) in [6, 6.07) is 4.41. The highest BCUT2D eigenvalue weighted by Crippen LogP contribution is 2.50. The maximum atomic E-state index is 13.9. The summed E-state index contributed by atoms with van der Waals surface area (Å²) in [5, 5.41) is 18.3. The summed E-state index contributed by atoms with van der Waals surface area (Å²) in [5.74, 6) is -2.82. The van der Waals surface area contributed by atoms with Crippen molar-refractivity contribution >= 4 is 23.9 Å². The summed E-state index contributed by atoms with van der Waals surface area (Å²) in [5.41, 5.74) is 4.33. The monoisotopic (exact) mass is 541 g/mol. The van der Waals surface area contributed by atoms with Crippen LogP contribution in [-0.2, 0) is 19.1 Å². The zero-order chi connectivity index (χ0) is 28.1. The Balaban J connectivity index is 1.44. The number of phenols is 1. The third-order valence-corrected chi connectivity index (χ3v) is 8.44. The lowest BCUT2D eigenvalue weighted by atomic mass is 9.69. The first-order valence-electron chi connectivity index (χ1n) is 14.3. The summed E-state index contributed by atoms with van der Waals surface area (Å²) in [6.45, 7) is 4.98. The normalized spacial score (nSPS) is 24.9. The van der Waals surface area contributed by atoms with Crippen molar-refractivity contribution in [2.24, 2.45) is 17.8 Å². The van der Waals surface area contributed by atoms with E-state index in [-0.39, 0.29) is 47.8 Å². The van der Waals surface area contributed by atoms with E-state index in [2.05, 4.69) is 13.8 Å². The van der Waals surface area contributed by atoms with E-state index in [1.54, 1.807) is 6.07 Å². The molecule has 3 aliphatic rings. The zero-order valence-corrected chi connectivity index (χ0v) is 23.0. The highest BCUT2D eigenvalue weighted by Gasteiger charge is 2.56. The van der Waals surface area contributed by atoms with Crippen LogP contribution in [0.3, 0.4) is 0 Å². The molecule has 1 aromatic carbocycles. The molecule has 1 aromatic rings. The molecule has 39 heavy (non-hydrogen) atoms. The van der Waals surface area contributed by atoms with Crippen molar-refractivity contribution in [3.05, 3.63) is 46.3 Å².